The van der Waals surface area contributed by atoms with E-state index >= 15 is 0 Å². The lowest BCUT2D eigenvalue weighted by Gasteiger charge is -2.16. The molecule has 0 bridgehead atoms. The highest BCUT2D eigenvalue weighted by molar-refractivity contribution is 5.72. The van der Waals surface area contributed by atoms with E-state index in [4.69, 9.17) is 0 Å². The summed E-state index contributed by atoms with van der Waals surface area (Å²) >= 11 is 0. The first-order valence-corrected chi connectivity index (χ1v) is 7.19. The number of hydrogen-bond donors (Lipinski definition) is 1. The Labute approximate surface area is 116 Å². The lowest BCUT2D eigenvalue weighted by atomic mass is 10.1. The maximum atomic E-state index is 11.2. The SMILES string of the molecule is CC(=O)N(C)Cc1cccc(NCC2CCCC2)c1. The molecule has 0 heterocycles. The van der Waals surface area contributed by atoms with Gasteiger partial charge in [0.1, 0.15) is 0 Å². The third kappa shape index (κ3) is 4.27. The van der Waals surface area contributed by atoms with Crippen LogP contribution >= 0.6 is 0 Å². The summed E-state index contributed by atoms with van der Waals surface area (Å²) in [5, 5.41) is 3.53. The molecule has 0 saturated heterocycles. The summed E-state index contributed by atoms with van der Waals surface area (Å²) in [5.41, 5.74) is 2.34. The quantitative estimate of drug-likeness (QED) is 0.881. The normalized spacial score (nSPS) is 15.5. The monoisotopic (exact) mass is 260 g/mol. The second kappa shape index (κ2) is 6.60. The zero-order valence-electron chi connectivity index (χ0n) is 12.0. The zero-order valence-corrected chi connectivity index (χ0v) is 12.0. The molecule has 1 aliphatic carbocycles. The molecule has 1 aliphatic rings. The largest absolute Gasteiger partial charge is 0.385 e. The summed E-state index contributed by atoms with van der Waals surface area (Å²) < 4.78 is 0. The fourth-order valence-electron chi connectivity index (χ4n) is 2.64. The van der Waals surface area contributed by atoms with Crippen molar-refractivity contribution in [2.24, 2.45) is 5.92 Å². The van der Waals surface area contributed by atoms with E-state index in [9.17, 15) is 4.79 Å². The molecular weight excluding hydrogens is 236 g/mol. The molecule has 0 spiro atoms. The lowest BCUT2D eigenvalue weighted by molar-refractivity contribution is -0.128. The maximum Gasteiger partial charge on any atom is 0.219 e. The molecule has 19 heavy (non-hydrogen) atoms. The first kappa shape index (κ1) is 13.9. The van der Waals surface area contributed by atoms with Crippen molar-refractivity contribution in [1.29, 1.82) is 0 Å². The molecular formula is C16H24N2O. The Kier molecular flexibility index (Phi) is 4.83. The number of amides is 1. The molecule has 104 valence electrons. The van der Waals surface area contributed by atoms with Gasteiger partial charge in [0, 0.05) is 32.7 Å². The summed E-state index contributed by atoms with van der Waals surface area (Å²) in [6.07, 6.45) is 5.49. The van der Waals surface area contributed by atoms with E-state index in [0.717, 1.165) is 12.5 Å². The van der Waals surface area contributed by atoms with Crippen molar-refractivity contribution in [3.05, 3.63) is 29.8 Å². The second-order valence-electron chi connectivity index (χ2n) is 5.61. The number of nitrogens with one attached hydrogen (secondary N) is 1. The number of nitrogens with zero attached hydrogens (tertiary/aromatic N) is 1. The van der Waals surface area contributed by atoms with E-state index in [0.29, 0.717) is 6.54 Å². The summed E-state index contributed by atoms with van der Waals surface area (Å²) in [7, 11) is 1.83. The predicted octanol–water partition coefficient (Wildman–Crippen LogP) is 3.27. The molecule has 0 radical (unpaired) electrons. The second-order valence-corrected chi connectivity index (χ2v) is 5.61. The fourth-order valence-corrected chi connectivity index (χ4v) is 2.64. The summed E-state index contributed by atoms with van der Waals surface area (Å²) in [5.74, 6) is 0.938. The van der Waals surface area contributed by atoms with Crippen LogP contribution in [0.4, 0.5) is 5.69 Å². The highest BCUT2D eigenvalue weighted by Crippen LogP contribution is 2.25. The van der Waals surface area contributed by atoms with Crippen LogP contribution in [-0.2, 0) is 11.3 Å². The lowest BCUT2D eigenvalue weighted by Crippen LogP contribution is -2.23. The fraction of sp³-hybridized carbons (Fsp3) is 0.562. The summed E-state index contributed by atoms with van der Waals surface area (Å²) in [6.45, 7) is 3.35. The molecule has 3 nitrogen and oxygen atoms in total. The number of anilines is 1. The molecule has 3 heteroatoms. The van der Waals surface area contributed by atoms with Crippen LogP contribution < -0.4 is 5.32 Å². The van der Waals surface area contributed by atoms with Gasteiger partial charge in [-0.25, -0.2) is 0 Å². The summed E-state index contributed by atoms with van der Waals surface area (Å²) in [4.78, 5) is 13.0. The van der Waals surface area contributed by atoms with Gasteiger partial charge < -0.3 is 10.2 Å². The topological polar surface area (TPSA) is 32.3 Å². The molecule has 0 aliphatic heterocycles. The number of rotatable bonds is 5. The Morgan fingerprint density at radius 2 is 2.11 bits per heavy atom. The van der Waals surface area contributed by atoms with Crippen molar-refractivity contribution in [3.63, 3.8) is 0 Å². The molecule has 1 amide bonds. The molecule has 0 aromatic heterocycles. The van der Waals surface area contributed by atoms with Crippen LogP contribution in [0.2, 0.25) is 0 Å². The van der Waals surface area contributed by atoms with Crippen LogP contribution in [0.3, 0.4) is 0 Å². The minimum Gasteiger partial charge on any atom is -0.385 e. The molecule has 0 atom stereocenters. The van der Waals surface area contributed by atoms with Crippen molar-refractivity contribution < 1.29 is 4.79 Å². The average molecular weight is 260 g/mol. The smallest absolute Gasteiger partial charge is 0.219 e. The first-order chi connectivity index (χ1) is 9.15. The highest BCUT2D eigenvalue weighted by Gasteiger charge is 2.14. The van der Waals surface area contributed by atoms with Crippen molar-refractivity contribution in [3.8, 4) is 0 Å². The molecule has 1 saturated carbocycles. The van der Waals surface area contributed by atoms with Crippen molar-refractivity contribution in [2.75, 3.05) is 18.9 Å². The third-order valence-electron chi connectivity index (χ3n) is 3.95. The molecule has 1 aromatic rings. The van der Waals surface area contributed by atoms with Crippen LogP contribution in [-0.4, -0.2) is 24.4 Å². The van der Waals surface area contributed by atoms with Crippen LogP contribution in [0.5, 0.6) is 0 Å². The van der Waals surface area contributed by atoms with Gasteiger partial charge >= 0.3 is 0 Å². The van der Waals surface area contributed by atoms with Crippen LogP contribution in [0.25, 0.3) is 0 Å². The van der Waals surface area contributed by atoms with E-state index in [1.165, 1.54) is 36.9 Å². The van der Waals surface area contributed by atoms with Gasteiger partial charge in [-0.2, -0.15) is 0 Å². The van der Waals surface area contributed by atoms with E-state index < -0.39 is 0 Å². The van der Waals surface area contributed by atoms with Gasteiger partial charge in [0.2, 0.25) is 5.91 Å². The van der Waals surface area contributed by atoms with Gasteiger partial charge in [-0.3, -0.25) is 4.79 Å². The standard InChI is InChI=1S/C16H24N2O/c1-13(19)18(2)12-15-8-5-9-16(10-15)17-11-14-6-3-4-7-14/h5,8-10,14,17H,3-4,6-7,11-12H2,1-2H3. The van der Waals surface area contributed by atoms with E-state index in [2.05, 4.69) is 29.6 Å². The van der Waals surface area contributed by atoms with Crippen LogP contribution in [0.15, 0.2) is 24.3 Å². The Balaban J connectivity index is 1.88. The van der Waals surface area contributed by atoms with E-state index in [1.807, 2.05) is 7.05 Å². The van der Waals surface area contributed by atoms with E-state index in [-0.39, 0.29) is 5.91 Å². The van der Waals surface area contributed by atoms with Gasteiger partial charge in [-0.05, 0) is 36.5 Å². The molecule has 0 unspecified atom stereocenters. The third-order valence-corrected chi connectivity index (χ3v) is 3.95. The van der Waals surface area contributed by atoms with Crippen LogP contribution in [0, 0.1) is 5.92 Å². The van der Waals surface area contributed by atoms with Crippen molar-refractivity contribution in [2.45, 2.75) is 39.2 Å². The number of carbonyl (C=O) groups excluding carboxylic acids is 1. The highest BCUT2D eigenvalue weighted by atomic mass is 16.2. The molecule has 1 aromatic carbocycles. The molecule has 2 rings (SSSR count). The Morgan fingerprint density at radius 1 is 1.37 bits per heavy atom. The Bertz CT molecular complexity index is 425. The number of benzene rings is 1. The number of carbonyl (C=O) groups is 1. The zero-order chi connectivity index (χ0) is 13.7. The first-order valence-electron chi connectivity index (χ1n) is 7.19. The Hall–Kier alpha value is -1.51. The summed E-state index contributed by atoms with van der Waals surface area (Å²) in [6, 6.07) is 8.38. The van der Waals surface area contributed by atoms with Gasteiger partial charge in [0.05, 0.1) is 0 Å². The van der Waals surface area contributed by atoms with Crippen LogP contribution in [0.1, 0.15) is 38.2 Å². The van der Waals surface area contributed by atoms with Crippen molar-refractivity contribution >= 4 is 11.6 Å². The minimum absolute atomic E-state index is 0.101. The molecule has 1 fully saturated rings. The average Bonchev–Trinajstić information content (AvgIpc) is 2.90. The van der Waals surface area contributed by atoms with Gasteiger partial charge in [0.25, 0.3) is 0 Å². The minimum atomic E-state index is 0.101. The Morgan fingerprint density at radius 3 is 2.79 bits per heavy atom. The maximum absolute atomic E-state index is 11.2. The van der Waals surface area contributed by atoms with E-state index in [1.54, 1.807) is 11.8 Å². The molecule has 1 N–H and O–H groups in total. The number of hydrogen-bond acceptors (Lipinski definition) is 2. The van der Waals surface area contributed by atoms with Gasteiger partial charge in [0.15, 0.2) is 0 Å². The predicted molar refractivity (Wildman–Crippen MR) is 79.0 cm³/mol. The van der Waals surface area contributed by atoms with Crippen molar-refractivity contribution in [1.82, 2.24) is 4.90 Å². The van der Waals surface area contributed by atoms with Gasteiger partial charge in [-0.15, -0.1) is 0 Å². The van der Waals surface area contributed by atoms with Gasteiger partial charge in [-0.1, -0.05) is 25.0 Å².